The average Bonchev–Trinajstić information content (AvgIpc) is 2.45. The number of rotatable bonds is 4. The Morgan fingerprint density at radius 2 is 2.39 bits per heavy atom. The maximum absolute atomic E-state index is 11.3. The van der Waals surface area contributed by atoms with Crippen molar-refractivity contribution in [3.63, 3.8) is 0 Å². The number of hydrogen-bond donors (Lipinski definition) is 0. The first-order valence-corrected chi connectivity index (χ1v) is 6.07. The first-order valence-electron chi connectivity index (χ1n) is 6.07. The molecule has 1 saturated heterocycles. The van der Waals surface area contributed by atoms with E-state index in [2.05, 4.69) is 9.72 Å². The molecular weight excluding hydrogens is 234 g/mol. The molecule has 18 heavy (non-hydrogen) atoms. The van der Waals surface area contributed by atoms with Gasteiger partial charge in [0, 0.05) is 6.61 Å². The zero-order valence-electron chi connectivity index (χ0n) is 10.4. The van der Waals surface area contributed by atoms with Gasteiger partial charge in [-0.05, 0) is 31.4 Å². The van der Waals surface area contributed by atoms with Crippen molar-refractivity contribution in [2.75, 3.05) is 13.7 Å². The van der Waals surface area contributed by atoms with Crippen molar-refractivity contribution in [1.82, 2.24) is 4.98 Å². The SMILES string of the molecule is COC(=O)c1cccc(CO[C@@H]2CCCCO2)n1. The van der Waals surface area contributed by atoms with Crippen molar-refractivity contribution in [1.29, 1.82) is 0 Å². The Balaban J connectivity index is 1.90. The Bertz CT molecular complexity index is 402. The van der Waals surface area contributed by atoms with Crippen LogP contribution in [0.2, 0.25) is 0 Å². The molecule has 5 nitrogen and oxygen atoms in total. The molecule has 1 fully saturated rings. The lowest BCUT2D eigenvalue weighted by Gasteiger charge is -2.22. The third-order valence-corrected chi connectivity index (χ3v) is 2.76. The first kappa shape index (κ1) is 13.0. The van der Waals surface area contributed by atoms with Crippen LogP contribution in [-0.4, -0.2) is 31.0 Å². The summed E-state index contributed by atoms with van der Waals surface area (Å²) in [6.45, 7) is 1.09. The zero-order valence-corrected chi connectivity index (χ0v) is 10.4. The number of carbonyl (C=O) groups is 1. The molecule has 1 aliphatic rings. The van der Waals surface area contributed by atoms with Crippen LogP contribution in [0.3, 0.4) is 0 Å². The monoisotopic (exact) mass is 251 g/mol. The van der Waals surface area contributed by atoms with Crippen molar-refractivity contribution in [2.45, 2.75) is 32.2 Å². The summed E-state index contributed by atoms with van der Waals surface area (Å²) >= 11 is 0. The standard InChI is InChI=1S/C13H17NO4/c1-16-13(15)11-6-4-5-10(14-11)9-18-12-7-2-3-8-17-12/h4-6,12H,2-3,7-9H2,1H3/t12-/m1/s1. The second kappa shape index (κ2) is 6.47. The molecule has 1 aromatic rings. The van der Waals surface area contributed by atoms with Crippen LogP contribution in [0.4, 0.5) is 0 Å². The molecule has 0 radical (unpaired) electrons. The molecule has 0 bridgehead atoms. The van der Waals surface area contributed by atoms with Crippen molar-refractivity contribution in [2.24, 2.45) is 0 Å². The number of esters is 1. The Morgan fingerprint density at radius 3 is 3.11 bits per heavy atom. The number of aromatic nitrogens is 1. The second-order valence-electron chi connectivity index (χ2n) is 4.11. The normalized spacial score (nSPS) is 19.5. The number of hydrogen-bond acceptors (Lipinski definition) is 5. The summed E-state index contributed by atoms with van der Waals surface area (Å²) in [6, 6.07) is 5.20. The Hall–Kier alpha value is -1.46. The van der Waals surface area contributed by atoms with E-state index in [0.29, 0.717) is 18.0 Å². The van der Waals surface area contributed by atoms with Crippen LogP contribution in [0.25, 0.3) is 0 Å². The maximum atomic E-state index is 11.3. The minimum absolute atomic E-state index is 0.151. The largest absolute Gasteiger partial charge is 0.464 e. The molecule has 0 unspecified atom stereocenters. The van der Waals surface area contributed by atoms with Gasteiger partial charge >= 0.3 is 5.97 Å². The highest BCUT2D eigenvalue weighted by atomic mass is 16.7. The molecule has 0 aliphatic carbocycles. The fourth-order valence-corrected chi connectivity index (χ4v) is 1.80. The lowest BCUT2D eigenvalue weighted by molar-refractivity contribution is -0.169. The van der Waals surface area contributed by atoms with E-state index >= 15 is 0 Å². The molecule has 5 heteroatoms. The summed E-state index contributed by atoms with van der Waals surface area (Å²) < 4.78 is 15.7. The molecule has 0 N–H and O–H groups in total. The van der Waals surface area contributed by atoms with E-state index in [-0.39, 0.29) is 6.29 Å². The van der Waals surface area contributed by atoms with Crippen molar-refractivity contribution < 1.29 is 19.0 Å². The fraction of sp³-hybridized carbons (Fsp3) is 0.538. The van der Waals surface area contributed by atoms with E-state index in [1.165, 1.54) is 7.11 Å². The van der Waals surface area contributed by atoms with Gasteiger partial charge in [-0.1, -0.05) is 6.07 Å². The van der Waals surface area contributed by atoms with Crippen LogP contribution >= 0.6 is 0 Å². The molecule has 0 aromatic carbocycles. The summed E-state index contributed by atoms with van der Waals surface area (Å²) in [5, 5.41) is 0. The van der Waals surface area contributed by atoms with Crippen LogP contribution in [0, 0.1) is 0 Å². The van der Waals surface area contributed by atoms with E-state index in [9.17, 15) is 4.79 Å². The van der Waals surface area contributed by atoms with Gasteiger partial charge in [0.25, 0.3) is 0 Å². The van der Waals surface area contributed by atoms with Crippen molar-refractivity contribution in [3.8, 4) is 0 Å². The maximum Gasteiger partial charge on any atom is 0.356 e. The van der Waals surface area contributed by atoms with Crippen LogP contribution in [0.5, 0.6) is 0 Å². The highest BCUT2D eigenvalue weighted by Gasteiger charge is 2.14. The highest BCUT2D eigenvalue weighted by molar-refractivity contribution is 5.87. The molecule has 1 aromatic heterocycles. The number of carbonyl (C=O) groups excluding carboxylic acids is 1. The molecular formula is C13H17NO4. The Kier molecular flexibility index (Phi) is 4.66. The number of nitrogens with zero attached hydrogens (tertiary/aromatic N) is 1. The lowest BCUT2D eigenvalue weighted by Crippen LogP contribution is -2.22. The van der Waals surface area contributed by atoms with Gasteiger partial charge in [-0.15, -0.1) is 0 Å². The van der Waals surface area contributed by atoms with E-state index in [0.717, 1.165) is 25.9 Å². The summed E-state index contributed by atoms with van der Waals surface area (Å²) in [5.41, 5.74) is 0.996. The number of methoxy groups -OCH3 is 1. The van der Waals surface area contributed by atoms with Gasteiger partial charge in [-0.2, -0.15) is 0 Å². The fourth-order valence-electron chi connectivity index (χ4n) is 1.80. The van der Waals surface area contributed by atoms with E-state index < -0.39 is 5.97 Å². The predicted octanol–water partition coefficient (Wildman–Crippen LogP) is 1.91. The van der Waals surface area contributed by atoms with E-state index in [1.54, 1.807) is 12.1 Å². The highest BCUT2D eigenvalue weighted by Crippen LogP contribution is 2.15. The first-order chi connectivity index (χ1) is 8.79. The molecule has 98 valence electrons. The lowest BCUT2D eigenvalue weighted by atomic mass is 10.2. The van der Waals surface area contributed by atoms with E-state index in [1.807, 2.05) is 6.07 Å². The molecule has 1 atom stereocenters. The van der Waals surface area contributed by atoms with Crippen LogP contribution in [0.1, 0.15) is 35.4 Å². The third-order valence-electron chi connectivity index (χ3n) is 2.76. The minimum atomic E-state index is -0.439. The van der Waals surface area contributed by atoms with Gasteiger partial charge in [0.1, 0.15) is 5.69 Å². The number of pyridine rings is 1. The molecule has 0 amide bonds. The van der Waals surface area contributed by atoms with E-state index in [4.69, 9.17) is 9.47 Å². The molecule has 0 saturated carbocycles. The third kappa shape index (κ3) is 3.51. The molecule has 2 rings (SSSR count). The average molecular weight is 251 g/mol. The Morgan fingerprint density at radius 1 is 1.50 bits per heavy atom. The van der Waals surface area contributed by atoms with Crippen molar-refractivity contribution >= 4 is 5.97 Å². The summed E-state index contributed by atoms with van der Waals surface area (Å²) in [7, 11) is 1.34. The second-order valence-corrected chi connectivity index (χ2v) is 4.11. The topological polar surface area (TPSA) is 57.7 Å². The summed E-state index contributed by atoms with van der Waals surface area (Å²) in [4.78, 5) is 15.5. The van der Waals surface area contributed by atoms with Crippen LogP contribution < -0.4 is 0 Å². The van der Waals surface area contributed by atoms with Crippen LogP contribution in [0.15, 0.2) is 18.2 Å². The molecule has 1 aliphatic heterocycles. The minimum Gasteiger partial charge on any atom is -0.464 e. The molecule has 2 heterocycles. The summed E-state index contributed by atoms with van der Waals surface area (Å²) in [6.07, 6.45) is 2.98. The number of ether oxygens (including phenoxy) is 3. The predicted molar refractivity (Wildman–Crippen MR) is 64.0 cm³/mol. The molecule has 0 spiro atoms. The van der Waals surface area contributed by atoms with Gasteiger partial charge in [0.15, 0.2) is 6.29 Å². The zero-order chi connectivity index (χ0) is 12.8. The smallest absolute Gasteiger partial charge is 0.356 e. The van der Waals surface area contributed by atoms with Gasteiger partial charge in [-0.3, -0.25) is 0 Å². The van der Waals surface area contributed by atoms with Crippen LogP contribution in [-0.2, 0) is 20.8 Å². The van der Waals surface area contributed by atoms with Gasteiger partial charge in [0.2, 0.25) is 0 Å². The quantitative estimate of drug-likeness (QED) is 0.765. The van der Waals surface area contributed by atoms with Gasteiger partial charge < -0.3 is 14.2 Å². The Labute approximate surface area is 106 Å². The van der Waals surface area contributed by atoms with Gasteiger partial charge in [-0.25, -0.2) is 9.78 Å². The van der Waals surface area contributed by atoms with Crippen molar-refractivity contribution in [3.05, 3.63) is 29.6 Å². The van der Waals surface area contributed by atoms with Gasteiger partial charge in [0.05, 0.1) is 19.4 Å². The summed E-state index contributed by atoms with van der Waals surface area (Å²) in [5.74, 6) is -0.439.